The van der Waals surface area contributed by atoms with Gasteiger partial charge in [-0.1, -0.05) is 24.3 Å². The van der Waals surface area contributed by atoms with Gasteiger partial charge in [0.2, 0.25) is 0 Å². The van der Waals surface area contributed by atoms with Crippen LogP contribution in [0.5, 0.6) is 0 Å². The molecule has 9 heteroatoms. The molecule has 6 rings (SSSR count). The molecule has 0 aliphatic carbocycles. The zero-order chi connectivity index (χ0) is 24.5. The molecule has 1 unspecified atom stereocenters. The first-order valence-electron chi connectivity index (χ1n) is 11.9. The van der Waals surface area contributed by atoms with Crippen molar-refractivity contribution in [2.45, 2.75) is 13.0 Å². The predicted molar refractivity (Wildman–Crippen MR) is 138 cm³/mol. The van der Waals surface area contributed by atoms with E-state index in [2.05, 4.69) is 25.5 Å². The quantitative estimate of drug-likeness (QED) is 0.339. The highest BCUT2D eigenvalue weighted by atomic mass is 16.5. The Kier molecular flexibility index (Phi) is 5.67. The summed E-state index contributed by atoms with van der Waals surface area (Å²) in [5, 5.41) is 11.1. The third-order valence-corrected chi connectivity index (χ3v) is 6.38. The van der Waals surface area contributed by atoms with Gasteiger partial charge in [-0.3, -0.25) is 9.89 Å². The van der Waals surface area contributed by atoms with E-state index in [0.29, 0.717) is 37.1 Å². The molecule has 0 bridgehead atoms. The van der Waals surface area contributed by atoms with Gasteiger partial charge in [0.15, 0.2) is 5.82 Å². The van der Waals surface area contributed by atoms with Gasteiger partial charge in [0.25, 0.3) is 5.91 Å². The van der Waals surface area contributed by atoms with Crippen LogP contribution >= 0.6 is 0 Å². The van der Waals surface area contributed by atoms with E-state index in [9.17, 15) is 4.79 Å². The molecule has 1 fully saturated rings. The maximum atomic E-state index is 13.0. The number of ether oxygens (including phenoxy) is 1. The third-order valence-electron chi connectivity index (χ3n) is 6.38. The van der Waals surface area contributed by atoms with E-state index < -0.39 is 0 Å². The molecule has 0 saturated carbocycles. The Morgan fingerprint density at radius 2 is 1.94 bits per heavy atom. The van der Waals surface area contributed by atoms with Crippen LogP contribution < -0.4 is 5.32 Å². The first kappa shape index (κ1) is 22.0. The van der Waals surface area contributed by atoms with Crippen LogP contribution in [-0.2, 0) is 4.74 Å². The number of hydrogen-bond donors (Lipinski definition) is 3. The number of fused-ring (bicyclic) bond motifs is 1. The molecule has 0 spiro atoms. The number of nitrogens with one attached hydrogen (secondary N) is 3. The molecule has 2 aromatic carbocycles. The van der Waals surface area contributed by atoms with Gasteiger partial charge >= 0.3 is 0 Å². The smallest absolute Gasteiger partial charge is 0.270 e. The van der Waals surface area contributed by atoms with Crippen LogP contribution in [0.15, 0.2) is 73.2 Å². The Bertz CT molecular complexity index is 1510. The fraction of sp³-hybridized carbons (Fsp3) is 0.185. The van der Waals surface area contributed by atoms with Crippen molar-refractivity contribution in [3.8, 4) is 22.5 Å². The lowest BCUT2D eigenvalue weighted by atomic mass is 10.1. The zero-order valence-corrected chi connectivity index (χ0v) is 19.7. The summed E-state index contributed by atoms with van der Waals surface area (Å²) in [6.45, 7) is 3.73. The number of aromatic nitrogens is 5. The average molecular weight is 480 g/mol. The van der Waals surface area contributed by atoms with Gasteiger partial charge < -0.3 is 19.9 Å². The molecule has 5 aromatic rings. The second-order valence-electron chi connectivity index (χ2n) is 8.86. The fourth-order valence-corrected chi connectivity index (χ4v) is 4.43. The standard InChI is InChI=1S/C27H25N7O2/c1-17-16-36-11-10-34(17)27(35)24-12-19-2-3-20(13-23(19)32-24)26-28-9-8-25(33-26)31-22-6-4-18(5-7-22)21-14-29-30-15-21/h2-9,12-15,17,32H,10-11,16H2,1H3,(H,29,30)(H,28,31,33). The molecule has 3 N–H and O–H groups in total. The topological polar surface area (TPSA) is 112 Å². The normalized spacial score (nSPS) is 15.8. The summed E-state index contributed by atoms with van der Waals surface area (Å²) < 4.78 is 5.46. The number of amides is 1. The van der Waals surface area contributed by atoms with Gasteiger partial charge in [0.1, 0.15) is 11.5 Å². The first-order valence-corrected chi connectivity index (χ1v) is 11.9. The van der Waals surface area contributed by atoms with E-state index in [1.54, 1.807) is 12.4 Å². The molecule has 1 aliphatic rings. The number of anilines is 2. The van der Waals surface area contributed by atoms with Crippen molar-refractivity contribution in [1.29, 1.82) is 0 Å². The highest BCUT2D eigenvalue weighted by Gasteiger charge is 2.25. The van der Waals surface area contributed by atoms with E-state index in [-0.39, 0.29) is 11.9 Å². The molecule has 36 heavy (non-hydrogen) atoms. The molecule has 1 aliphatic heterocycles. The summed E-state index contributed by atoms with van der Waals surface area (Å²) in [5.41, 5.74) is 5.35. The highest BCUT2D eigenvalue weighted by Crippen LogP contribution is 2.26. The van der Waals surface area contributed by atoms with Gasteiger partial charge in [0, 0.05) is 46.7 Å². The summed E-state index contributed by atoms with van der Waals surface area (Å²) in [6, 6.07) is 17.8. The summed E-state index contributed by atoms with van der Waals surface area (Å²) in [6.07, 6.45) is 5.39. The molecule has 1 atom stereocenters. The number of morpholine rings is 1. The number of rotatable bonds is 5. The van der Waals surface area contributed by atoms with Crippen LogP contribution in [0.25, 0.3) is 33.4 Å². The number of carbonyl (C=O) groups is 1. The molecule has 180 valence electrons. The second kappa shape index (κ2) is 9.27. The number of benzene rings is 2. The summed E-state index contributed by atoms with van der Waals surface area (Å²) in [7, 11) is 0. The summed E-state index contributed by atoms with van der Waals surface area (Å²) in [5.74, 6) is 1.28. The van der Waals surface area contributed by atoms with Crippen molar-refractivity contribution in [1.82, 2.24) is 30.0 Å². The number of nitrogens with zero attached hydrogens (tertiary/aromatic N) is 4. The van der Waals surface area contributed by atoms with Crippen molar-refractivity contribution in [3.63, 3.8) is 0 Å². The maximum Gasteiger partial charge on any atom is 0.270 e. The van der Waals surface area contributed by atoms with E-state index in [4.69, 9.17) is 9.72 Å². The molecule has 1 saturated heterocycles. The van der Waals surface area contributed by atoms with Gasteiger partial charge in [-0.05, 0) is 42.8 Å². The van der Waals surface area contributed by atoms with Crippen molar-refractivity contribution < 1.29 is 9.53 Å². The maximum absolute atomic E-state index is 13.0. The van der Waals surface area contributed by atoms with Crippen LogP contribution in [0, 0.1) is 0 Å². The minimum Gasteiger partial charge on any atom is -0.377 e. The molecular formula is C27H25N7O2. The Morgan fingerprint density at radius 1 is 1.08 bits per heavy atom. The largest absolute Gasteiger partial charge is 0.377 e. The molecule has 3 aromatic heterocycles. The number of hydrogen-bond acceptors (Lipinski definition) is 6. The molecule has 0 radical (unpaired) electrons. The van der Waals surface area contributed by atoms with Crippen LogP contribution in [-0.4, -0.2) is 61.8 Å². The van der Waals surface area contributed by atoms with Gasteiger partial charge in [-0.2, -0.15) is 5.10 Å². The zero-order valence-electron chi connectivity index (χ0n) is 19.7. The Balaban J connectivity index is 1.22. The fourth-order valence-electron chi connectivity index (χ4n) is 4.43. The number of H-pyrrole nitrogens is 2. The number of aromatic amines is 2. The van der Waals surface area contributed by atoms with Gasteiger partial charge in [-0.15, -0.1) is 0 Å². The minimum atomic E-state index is -0.00946. The van der Waals surface area contributed by atoms with Crippen LogP contribution in [0.1, 0.15) is 17.4 Å². The van der Waals surface area contributed by atoms with E-state index in [0.717, 1.165) is 33.3 Å². The summed E-state index contributed by atoms with van der Waals surface area (Å²) in [4.78, 5) is 27.4. The molecular weight excluding hydrogens is 454 g/mol. The Hall–Kier alpha value is -4.50. The van der Waals surface area contributed by atoms with Crippen LogP contribution in [0.2, 0.25) is 0 Å². The molecule has 9 nitrogen and oxygen atoms in total. The van der Waals surface area contributed by atoms with Crippen molar-refractivity contribution in [2.24, 2.45) is 0 Å². The van der Waals surface area contributed by atoms with Crippen LogP contribution in [0.3, 0.4) is 0 Å². The van der Waals surface area contributed by atoms with Crippen molar-refractivity contribution in [3.05, 3.63) is 78.9 Å². The Labute approximate surface area is 207 Å². The molecule has 1 amide bonds. The predicted octanol–water partition coefficient (Wildman–Crippen LogP) is 4.62. The lowest BCUT2D eigenvalue weighted by Crippen LogP contribution is -2.47. The third kappa shape index (κ3) is 4.32. The lowest BCUT2D eigenvalue weighted by Gasteiger charge is -2.32. The second-order valence-corrected chi connectivity index (χ2v) is 8.86. The summed E-state index contributed by atoms with van der Waals surface area (Å²) >= 11 is 0. The van der Waals surface area contributed by atoms with Crippen molar-refractivity contribution >= 4 is 28.3 Å². The van der Waals surface area contributed by atoms with E-state index in [1.807, 2.05) is 72.6 Å². The van der Waals surface area contributed by atoms with E-state index >= 15 is 0 Å². The van der Waals surface area contributed by atoms with Crippen molar-refractivity contribution in [2.75, 3.05) is 25.1 Å². The molecule has 4 heterocycles. The van der Waals surface area contributed by atoms with Gasteiger partial charge in [-0.25, -0.2) is 9.97 Å². The first-order chi connectivity index (χ1) is 17.6. The number of carbonyl (C=O) groups excluding carboxylic acids is 1. The highest BCUT2D eigenvalue weighted by molar-refractivity contribution is 5.99. The minimum absolute atomic E-state index is 0.00946. The van der Waals surface area contributed by atoms with Crippen LogP contribution in [0.4, 0.5) is 11.5 Å². The van der Waals surface area contributed by atoms with Gasteiger partial charge in [0.05, 0.1) is 25.5 Å². The Morgan fingerprint density at radius 3 is 2.75 bits per heavy atom. The SMILES string of the molecule is CC1COCCN1C(=O)c1cc2ccc(-c3nccc(Nc4ccc(-c5cn[nH]c5)cc4)n3)cc2[nH]1. The van der Waals surface area contributed by atoms with E-state index in [1.165, 1.54) is 0 Å². The monoisotopic (exact) mass is 479 g/mol. The lowest BCUT2D eigenvalue weighted by molar-refractivity contribution is 0.00332. The average Bonchev–Trinajstić information content (AvgIpc) is 3.59.